The summed E-state index contributed by atoms with van der Waals surface area (Å²) >= 11 is 0. The molecule has 0 radical (unpaired) electrons. The summed E-state index contributed by atoms with van der Waals surface area (Å²) in [6.07, 6.45) is -4.88. The van der Waals surface area contributed by atoms with Crippen molar-refractivity contribution in [2.75, 3.05) is 13.5 Å². The van der Waals surface area contributed by atoms with Gasteiger partial charge in [-0.25, -0.2) is 0 Å². The summed E-state index contributed by atoms with van der Waals surface area (Å²) in [4.78, 5) is 39.7. The van der Waals surface area contributed by atoms with E-state index in [2.05, 4.69) is 0 Å². The van der Waals surface area contributed by atoms with E-state index in [1.807, 2.05) is 0 Å². The molecule has 3 N–H and O–H groups in total. The van der Waals surface area contributed by atoms with Crippen LogP contribution in [0.1, 0.15) is 61.1 Å². The number of carbonyl (C=O) groups is 3. The van der Waals surface area contributed by atoms with Crippen molar-refractivity contribution in [2.45, 2.75) is 45.2 Å². The summed E-state index contributed by atoms with van der Waals surface area (Å²) in [7, 11) is 0. The third-order valence-corrected chi connectivity index (χ3v) is 3.39. The molecule has 0 unspecified atom stereocenters. The molecule has 1 aliphatic rings. The Morgan fingerprint density at radius 2 is 2.15 bits per heavy atom. The molecule has 26 heavy (non-hydrogen) atoms. The molecule has 0 fully saturated rings. The number of benzene rings is 1. The van der Waals surface area contributed by atoms with Crippen LogP contribution in [-0.4, -0.2) is 53.3 Å². The quantitative estimate of drug-likeness (QED) is 0.690. The van der Waals surface area contributed by atoms with Gasteiger partial charge in [0, 0.05) is 27.2 Å². The van der Waals surface area contributed by atoms with Crippen LogP contribution in [0.2, 0.25) is 0 Å². The van der Waals surface area contributed by atoms with Crippen LogP contribution in [0.25, 0.3) is 0 Å². The Kier molecular flexibility index (Phi) is 2.23. The minimum atomic E-state index is -4.37. The Hall–Kier alpha value is -2.41. The normalized spacial score (nSPS) is 36.0. The first kappa shape index (κ1) is 6.96. The molecule has 3 atom stereocenters. The highest BCUT2D eigenvalue weighted by Crippen LogP contribution is 2.24. The van der Waals surface area contributed by atoms with Crippen molar-refractivity contribution in [2.24, 2.45) is 5.89 Å². The van der Waals surface area contributed by atoms with Crippen LogP contribution in [-0.2, 0) is 20.8 Å². The molecule has 7 heteroatoms. The molecule has 0 saturated heterocycles. The Bertz CT molecular complexity index is 1320. The van der Waals surface area contributed by atoms with E-state index in [4.69, 9.17) is 23.3 Å². The first-order valence-electron chi connectivity index (χ1n) is 15.7. The van der Waals surface area contributed by atoms with Crippen molar-refractivity contribution in [3.05, 3.63) is 35.3 Å². The van der Waals surface area contributed by atoms with E-state index in [9.17, 15) is 19.5 Å². The van der Waals surface area contributed by atoms with Gasteiger partial charge in [-0.1, -0.05) is 37.9 Å². The lowest BCUT2D eigenvalue weighted by atomic mass is 9.99. The molecule has 1 aliphatic heterocycles. The van der Waals surface area contributed by atoms with Gasteiger partial charge in [-0.15, -0.1) is 0 Å². The first-order valence-corrected chi connectivity index (χ1v) is 7.20. The van der Waals surface area contributed by atoms with Gasteiger partial charge < -0.3 is 20.6 Å². The zero-order valence-electron chi connectivity index (χ0n) is 30.5. The molecule has 142 valence electrons. The Morgan fingerprint density at radius 3 is 2.85 bits per heavy atom. The van der Waals surface area contributed by atoms with Gasteiger partial charge in [-0.05, 0) is 30.4 Å². The largest absolute Gasteiger partial charge is 0.383 e. The second-order valence-electron chi connectivity index (χ2n) is 5.19. The van der Waals surface area contributed by atoms with Crippen LogP contribution in [0.4, 0.5) is 0 Å². The highest BCUT2D eigenvalue weighted by atomic mass is 16.3. The number of nitrogens with zero attached hydrogens (tertiary/aromatic N) is 1. The van der Waals surface area contributed by atoms with E-state index in [1.54, 1.807) is 5.32 Å². The first-order chi connectivity index (χ1) is 18.9. The molecule has 0 spiro atoms. The minimum absolute atomic E-state index is 0.135. The van der Waals surface area contributed by atoms with Crippen molar-refractivity contribution < 1.29 is 42.8 Å². The smallest absolute Gasteiger partial charge is 0.249 e. The Balaban J connectivity index is 2.67. The number of fused-ring (bicyclic) bond motifs is 1. The lowest BCUT2D eigenvalue weighted by molar-refractivity contribution is -0.137. The fourth-order valence-corrected chi connectivity index (χ4v) is 2.03. The SMILES string of the molecule is [2H]c1c([2H])c([2H])c2c(c1[2H])CCN(C([2H])([2H])[2H])C(=O)[C@@]2([2H])NC(=O)[C@]([2H])(C)NC(=O)[C@@]([2H])(O)C([2H])(C([2H])([2H])[2H])C([2H])([2H])[2H]. The fourth-order valence-electron chi connectivity index (χ4n) is 2.03. The maximum Gasteiger partial charge on any atom is 0.249 e. The highest BCUT2D eigenvalue weighted by molar-refractivity contribution is 5.93. The average Bonchev–Trinajstić information content (AvgIpc) is 2.93. The van der Waals surface area contributed by atoms with E-state index >= 15 is 0 Å². The minimum Gasteiger partial charge on any atom is -0.383 e. The molecule has 7 nitrogen and oxygen atoms in total. The highest BCUT2D eigenvalue weighted by Gasteiger charge is 2.32. The molecule has 1 aromatic carbocycles. The van der Waals surface area contributed by atoms with Crippen molar-refractivity contribution in [3.63, 3.8) is 0 Å². The number of carbonyl (C=O) groups excluding carboxylic acids is 3. The maximum absolute atomic E-state index is 13.5. The van der Waals surface area contributed by atoms with E-state index < -0.39 is 111 Å². The summed E-state index contributed by atoms with van der Waals surface area (Å²) in [5.41, 5.74) is -1.30. The van der Waals surface area contributed by atoms with Gasteiger partial charge in [0.05, 0.1) is 9.60 Å². The lowest BCUT2D eigenvalue weighted by Crippen LogP contribution is -2.51. The maximum atomic E-state index is 13.5. The van der Waals surface area contributed by atoms with E-state index in [0.717, 1.165) is 0 Å². The van der Waals surface area contributed by atoms with Gasteiger partial charge in [0.25, 0.3) is 0 Å². The number of aliphatic hydroxyl groups is 1. The Morgan fingerprint density at radius 1 is 1.42 bits per heavy atom. The van der Waals surface area contributed by atoms with E-state index in [-0.39, 0.29) is 4.90 Å². The van der Waals surface area contributed by atoms with Crippen LogP contribution in [0.3, 0.4) is 0 Å². The predicted octanol–water partition coefficient (Wildman–Crippen LogP) is 0.380. The molecule has 0 saturated carbocycles. The second-order valence-corrected chi connectivity index (χ2v) is 5.19. The summed E-state index contributed by atoms with van der Waals surface area (Å²) < 4.78 is 132. The lowest BCUT2D eigenvalue weighted by Gasteiger charge is -2.24. The van der Waals surface area contributed by atoms with Gasteiger partial charge in [-0.3, -0.25) is 14.4 Å². The van der Waals surface area contributed by atoms with Gasteiger partial charge in [0.2, 0.25) is 17.7 Å². The van der Waals surface area contributed by atoms with Crippen molar-refractivity contribution >= 4 is 17.7 Å². The van der Waals surface area contributed by atoms with Crippen LogP contribution < -0.4 is 10.6 Å². The number of nitrogens with one attached hydrogen (secondary N) is 2. The summed E-state index contributed by atoms with van der Waals surface area (Å²) in [6, 6.07) is -10.1. The standard InChI is InChI=1S/C19H27N3O4/c1-11(2)16(23)18(25)20-12(3)17(24)21-15-14-8-6-5-7-13(14)9-10-22(4)19(15)26/h5-8,11-12,15-16,23H,9-10H2,1-4H3,(H,20,25)(H,21,24)/t12-,15-,16-/m0/s1/i1D3,2D3,4D3,5D,6D,7D,8D,11D,12D,15D,16D. The van der Waals surface area contributed by atoms with Crippen LogP contribution in [0.5, 0.6) is 0 Å². The number of hydrogen-bond donors (Lipinski definition) is 3. The molecule has 2 rings (SSSR count). The summed E-state index contributed by atoms with van der Waals surface area (Å²) in [5.74, 6) is -10.2. The van der Waals surface area contributed by atoms with Gasteiger partial charge in [-0.2, -0.15) is 0 Å². The van der Waals surface area contributed by atoms with Crippen LogP contribution in [0.15, 0.2) is 24.2 Å². The molecule has 0 aromatic heterocycles. The molecule has 3 amide bonds. The third-order valence-electron chi connectivity index (χ3n) is 3.39. The van der Waals surface area contributed by atoms with E-state index in [1.165, 1.54) is 5.32 Å². The van der Waals surface area contributed by atoms with Crippen LogP contribution in [0, 0.1) is 5.89 Å². The molecule has 0 aliphatic carbocycles. The number of amides is 3. The number of rotatable bonds is 5. The van der Waals surface area contributed by atoms with Crippen molar-refractivity contribution in [1.29, 1.82) is 0 Å². The molecule has 0 bridgehead atoms. The zero-order valence-corrected chi connectivity index (χ0v) is 13.5. The van der Waals surface area contributed by atoms with Crippen LogP contribution >= 0.6 is 0 Å². The average molecular weight is 379 g/mol. The number of likely N-dealkylation sites (N-methyl/N-ethyl adjacent to an activating group) is 1. The third kappa shape index (κ3) is 4.40. The molecule has 1 heterocycles. The summed E-state index contributed by atoms with van der Waals surface area (Å²) in [5, 5.41) is 13.5. The molecule has 1 aromatic rings. The topological polar surface area (TPSA) is 98.7 Å². The second kappa shape index (κ2) is 8.31. The summed E-state index contributed by atoms with van der Waals surface area (Å²) in [6.45, 7) is -11.4. The predicted molar refractivity (Wildman–Crippen MR) is 97.1 cm³/mol. The Labute approximate surface area is 177 Å². The van der Waals surface area contributed by atoms with Crippen molar-refractivity contribution in [3.8, 4) is 0 Å². The van der Waals surface area contributed by atoms with Gasteiger partial charge in [0.1, 0.15) is 18.1 Å². The van der Waals surface area contributed by atoms with Gasteiger partial charge in [0.15, 0.2) is 0 Å². The number of hydrogen-bond acceptors (Lipinski definition) is 4. The zero-order chi connectivity index (χ0) is 34.1. The monoisotopic (exact) mass is 378 g/mol. The molecular formula is C19H27N3O4. The van der Waals surface area contributed by atoms with E-state index in [0.29, 0.717) is 6.92 Å². The fraction of sp³-hybridized carbons (Fsp3) is 0.526. The van der Waals surface area contributed by atoms with Crippen molar-refractivity contribution in [1.82, 2.24) is 15.5 Å². The van der Waals surface area contributed by atoms with Gasteiger partial charge >= 0.3 is 0 Å². The molecular weight excluding hydrogens is 334 g/mol.